The van der Waals surface area contributed by atoms with Gasteiger partial charge in [0.1, 0.15) is 5.75 Å². The third kappa shape index (κ3) is 3.58. The van der Waals surface area contributed by atoms with E-state index in [-0.39, 0.29) is 0 Å². The second kappa shape index (κ2) is 6.68. The normalized spacial score (nSPS) is 12.2. The number of ether oxygens (including phenoxy) is 1. The molecule has 106 valence electrons. The van der Waals surface area contributed by atoms with Crippen LogP contribution in [0.5, 0.6) is 5.75 Å². The first-order chi connectivity index (χ1) is 9.51. The van der Waals surface area contributed by atoms with Gasteiger partial charge in [-0.15, -0.1) is 0 Å². The Morgan fingerprint density at radius 2 is 1.70 bits per heavy atom. The highest BCUT2D eigenvalue weighted by molar-refractivity contribution is 6.33. The van der Waals surface area contributed by atoms with Crippen LogP contribution >= 0.6 is 34.8 Å². The maximum atomic E-state index is 10.4. The molecule has 0 bridgehead atoms. The third-order valence-electron chi connectivity index (χ3n) is 2.97. The van der Waals surface area contributed by atoms with Gasteiger partial charge in [0.15, 0.2) is 0 Å². The summed E-state index contributed by atoms with van der Waals surface area (Å²) in [6, 6.07) is 10.3. The highest BCUT2D eigenvalue weighted by atomic mass is 35.5. The summed E-state index contributed by atoms with van der Waals surface area (Å²) in [5.41, 5.74) is 1.39. The number of aliphatic hydroxyl groups is 1. The van der Waals surface area contributed by atoms with Crippen molar-refractivity contribution in [2.24, 2.45) is 0 Å². The fourth-order valence-electron chi connectivity index (χ4n) is 1.98. The van der Waals surface area contributed by atoms with E-state index in [0.29, 0.717) is 32.8 Å². The molecule has 2 rings (SSSR count). The Labute approximate surface area is 132 Å². The summed E-state index contributed by atoms with van der Waals surface area (Å²) in [7, 11) is 1.55. The average molecular weight is 332 g/mol. The van der Waals surface area contributed by atoms with Gasteiger partial charge >= 0.3 is 0 Å². The van der Waals surface area contributed by atoms with E-state index in [2.05, 4.69) is 0 Å². The average Bonchev–Trinajstić information content (AvgIpc) is 2.42. The smallest absolute Gasteiger partial charge is 0.124 e. The van der Waals surface area contributed by atoms with Crippen LogP contribution < -0.4 is 4.74 Å². The minimum absolute atomic E-state index is 0.329. The number of halogens is 3. The van der Waals surface area contributed by atoms with Crippen LogP contribution in [0.4, 0.5) is 0 Å². The third-order valence-corrected chi connectivity index (χ3v) is 3.81. The molecule has 0 amide bonds. The molecular formula is C15H13Cl3O2. The molecule has 0 radical (unpaired) electrons. The van der Waals surface area contributed by atoms with E-state index in [9.17, 15) is 5.11 Å². The number of methoxy groups -OCH3 is 1. The fraction of sp³-hybridized carbons (Fsp3) is 0.200. The molecular weight excluding hydrogens is 319 g/mol. The first kappa shape index (κ1) is 15.5. The Bertz CT molecular complexity index is 614. The summed E-state index contributed by atoms with van der Waals surface area (Å²) in [6.45, 7) is 0. The van der Waals surface area contributed by atoms with Crippen molar-refractivity contribution in [1.82, 2.24) is 0 Å². The van der Waals surface area contributed by atoms with Crippen molar-refractivity contribution in [3.63, 3.8) is 0 Å². The van der Waals surface area contributed by atoms with Crippen molar-refractivity contribution in [2.45, 2.75) is 12.5 Å². The molecule has 0 fully saturated rings. The number of benzene rings is 2. The number of hydrogen-bond donors (Lipinski definition) is 1. The monoisotopic (exact) mass is 330 g/mol. The maximum absolute atomic E-state index is 10.4. The summed E-state index contributed by atoms with van der Waals surface area (Å²) in [6.07, 6.45) is -0.449. The van der Waals surface area contributed by atoms with Gasteiger partial charge in [-0.05, 0) is 42.0 Å². The zero-order valence-corrected chi connectivity index (χ0v) is 13.0. The predicted octanol–water partition coefficient (Wildman–Crippen LogP) is 4.93. The van der Waals surface area contributed by atoms with E-state index < -0.39 is 6.10 Å². The van der Waals surface area contributed by atoms with Gasteiger partial charge in [0, 0.05) is 27.1 Å². The van der Waals surface area contributed by atoms with E-state index in [1.165, 1.54) is 0 Å². The van der Waals surface area contributed by atoms with Crippen LogP contribution in [-0.4, -0.2) is 12.2 Å². The molecule has 2 aromatic carbocycles. The van der Waals surface area contributed by atoms with Crippen LogP contribution in [-0.2, 0) is 6.42 Å². The quantitative estimate of drug-likeness (QED) is 0.860. The zero-order chi connectivity index (χ0) is 14.7. The highest BCUT2D eigenvalue weighted by Crippen LogP contribution is 2.32. The Balaban J connectivity index is 2.30. The molecule has 1 unspecified atom stereocenters. The van der Waals surface area contributed by atoms with Crippen LogP contribution in [0.1, 0.15) is 17.2 Å². The molecule has 0 aliphatic rings. The van der Waals surface area contributed by atoms with Crippen molar-refractivity contribution in [3.8, 4) is 5.75 Å². The van der Waals surface area contributed by atoms with Crippen LogP contribution in [0.3, 0.4) is 0 Å². The summed E-state index contributed by atoms with van der Waals surface area (Å²) >= 11 is 18.0. The van der Waals surface area contributed by atoms with Gasteiger partial charge < -0.3 is 9.84 Å². The molecule has 5 heteroatoms. The summed E-state index contributed by atoms with van der Waals surface area (Å²) in [5, 5.41) is 12.1. The lowest BCUT2D eigenvalue weighted by Crippen LogP contribution is -2.04. The maximum Gasteiger partial charge on any atom is 0.124 e. The Kier molecular flexibility index (Phi) is 5.17. The second-order valence-electron chi connectivity index (χ2n) is 4.34. The first-order valence-electron chi connectivity index (χ1n) is 5.96. The molecule has 2 nitrogen and oxygen atoms in total. The number of hydrogen-bond acceptors (Lipinski definition) is 2. The minimum Gasteiger partial charge on any atom is -0.496 e. The van der Waals surface area contributed by atoms with Gasteiger partial charge in [-0.1, -0.05) is 34.8 Å². The molecule has 2 aromatic rings. The molecule has 20 heavy (non-hydrogen) atoms. The van der Waals surface area contributed by atoms with Gasteiger partial charge in [-0.25, -0.2) is 0 Å². The van der Waals surface area contributed by atoms with E-state index in [4.69, 9.17) is 39.5 Å². The lowest BCUT2D eigenvalue weighted by Gasteiger charge is -2.16. The van der Waals surface area contributed by atoms with Crippen LogP contribution in [0.25, 0.3) is 0 Å². The molecule has 1 N–H and O–H groups in total. The standard InChI is InChI=1S/C15H13Cl3O2/c1-20-15-5-3-11(17)8-12(15)14(19)7-9-6-10(16)2-4-13(9)18/h2-6,8,14,19H,7H2,1H3. The van der Waals surface area contributed by atoms with Gasteiger partial charge in [0.2, 0.25) is 0 Å². The van der Waals surface area contributed by atoms with Gasteiger partial charge in [0.05, 0.1) is 13.2 Å². The van der Waals surface area contributed by atoms with Crippen LogP contribution in [0, 0.1) is 0 Å². The van der Waals surface area contributed by atoms with E-state index >= 15 is 0 Å². The van der Waals surface area contributed by atoms with Crippen molar-refractivity contribution < 1.29 is 9.84 Å². The van der Waals surface area contributed by atoms with Gasteiger partial charge in [-0.2, -0.15) is 0 Å². The molecule has 1 atom stereocenters. The fourth-order valence-corrected chi connectivity index (χ4v) is 2.55. The largest absolute Gasteiger partial charge is 0.496 e. The molecule has 0 saturated heterocycles. The Hall–Kier alpha value is -0.930. The molecule has 0 aliphatic heterocycles. The molecule has 0 aromatic heterocycles. The van der Waals surface area contributed by atoms with Crippen molar-refractivity contribution >= 4 is 34.8 Å². The lowest BCUT2D eigenvalue weighted by molar-refractivity contribution is 0.174. The lowest BCUT2D eigenvalue weighted by atomic mass is 10.0. The SMILES string of the molecule is COc1ccc(Cl)cc1C(O)Cc1cc(Cl)ccc1Cl. The Morgan fingerprint density at radius 3 is 2.40 bits per heavy atom. The zero-order valence-electron chi connectivity index (χ0n) is 10.7. The molecule has 0 saturated carbocycles. The summed E-state index contributed by atoms with van der Waals surface area (Å²) in [4.78, 5) is 0. The predicted molar refractivity (Wildman–Crippen MR) is 83.1 cm³/mol. The highest BCUT2D eigenvalue weighted by Gasteiger charge is 2.16. The number of rotatable bonds is 4. The summed E-state index contributed by atoms with van der Waals surface area (Å²) < 4.78 is 5.24. The van der Waals surface area contributed by atoms with Crippen LogP contribution in [0.15, 0.2) is 36.4 Å². The second-order valence-corrected chi connectivity index (χ2v) is 5.62. The molecule has 0 heterocycles. The molecule has 0 aliphatic carbocycles. The molecule has 0 spiro atoms. The van der Waals surface area contributed by atoms with E-state index in [1.807, 2.05) is 0 Å². The minimum atomic E-state index is -0.778. The number of aliphatic hydroxyl groups excluding tert-OH is 1. The van der Waals surface area contributed by atoms with Crippen molar-refractivity contribution in [1.29, 1.82) is 0 Å². The van der Waals surface area contributed by atoms with Gasteiger partial charge in [0.25, 0.3) is 0 Å². The summed E-state index contributed by atoms with van der Waals surface area (Å²) in [5.74, 6) is 0.583. The van der Waals surface area contributed by atoms with Crippen LogP contribution in [0.2, 0.25) is 15.1 Å². The van der Waals surface area contributed by atoms with Crippen molar-refractivity contribution in [2.75, 3.05) is 7.11 Å². The first-order valence-corrected chi connectivity index (χ1v) is 7.10. The van der Waals surface area contributed by atoms with E-state index in [1.54, 1.807) is 43.5 Å². The van der Waals surface area contributed by atoms with E-state index in [0.717, 1.165) is 5.56 Å². The van der Waals surface area contributed by atoms with Gasteiger partial charge in [-0.3, -0.25) is 0 Å². The van der Waals surface area contributed by atoms with Crippen molar-refractivity contribution in [3.05, 3.63) is 62.6 Å². The Morgan fingerprint density at radius 1 is 1.05 bits per heavy atom. The topological polar surface area (TPSA) is 29.5 Å².